The van der Waals surface area contributed by atoms with Crippen molar-refractivity contribution in [3.05, 3.63) is 29.3 Å². The summed E-state index contributed by atoms with van der Waals surface area (Å²) < 4.78 is 5.54. The van der Waals surface area contributed by atoms with Crippen LogP contribution in [0.4, 0.5) is 0 Å². The Hall–Kier alpha value is -1.02. The summed E-state index contributed by atoms with van der Waals surface area (Å²) >= 11 is 0. The molecule has 0 aromatic heterocycles. The van der Waals surface area contributed by atoms with Crippen molar-refractivity contribution in [1.82, 2.24) is 4.90 Å². The molecule has 2 nitrogen and oxygen atoms in total. The van der Waals surface area contributed by atoms with Crippen molar-refractivity contribution in [3.63, 3.8) is 0 Å². The van der Waals surface area contributed by atoms with E-state index in [1.165, 1.54) is 58.0 Å². The Balaban J connectivity index is 1.80. The number of ether oxygens (including phenoxy) is 1. The van der Waals surface area contributed by atoms with Crippen LogP contribution in [0.25, 0.3) is 0 Å². The quantitative estimate of drug-likeness (QED) is 0.831. The molecule has 3 atom stereocenters. The van der Waals surface area contributed by atoms with Crippen molar-refractivity contribution >= 4 is 0 Å². The van der Waals surface area contributed by atoms with Crippen LogP contribution in [0.15, 0.2) is 18.2 Å². The number of nitrogens with zero attached hydrogens (tertiary/aromatic N) is 1. The molecule has 1 saturated heterocycles. The Labute approximate surface area is 134 Å². The Kier molecular flexibility index (Phi) is 3.68. The van der Waals surface area contributed by atoms with Crippen LogP contribution in [-0.4, -0.2) is 31.1 Å². The van der Waals surface area contributed by atoms with Crippen molar-refractivity contribution in [2.75, 3.05) is 20.2 Å². The van der Waals surface area contributed by atoms with Crippen LogP contribution in [0.1, 0.15) is 56.6 Å². The van der Waals surface area contributed by atoms with E-state index in [4.69, 9.17) is 4.74 Å². The maximum absolute atomic E-state index is 5.54. The van der Waals surface area contributed by atoms with E-state index in [9.17, 15) is 0 Å². The van der Waals surface area contributed by atoms with Crippen molar-refractivity contribution in [2.45, 2.75) is 63.3 Å². The van der Waals surface area contributed by atoms with Gasteiger partial charge in [-0.25, -0.2) is 0 Å². The number of hydrogen-bond donors (Lipinski definition) is 0. The van der Waals surface area contributed by atoms with Crippen LogP contribution < -0.4 is 4.74 Å². The van der Waals surface area contributed by atoms with Gasteiger partial charge in [0.05, 0.1) is 7.11 Å². The summed E-state index contributed by atoms with van der Waals surface area (Å²) in [6, 6.07) is 7.68. The normalized spacial score (nSPS) is 33.9. The lowest BCUT2D eigenvalue weighted by atomic mass is 9.52. The first kappa shape index (κ1) is 14.6. The number of likely N-dealkylation sites (tertiary alicyclic amines) is 1. The molecule has 1 aliphatic heterocycles. The first-order valence-electron chi connectivity index (χ1n) is 9.20. The van der Waals surface area contributed by atoms with E-state index < -0.39 is 0 Å². The zero-order chi connectivity index (χ0) is 15.2. The second-order valence-corrected chi connectivity index (χ2v) is 7.59. The minimum Gasteiger partial charge on any atom is -0.497 e. The fourth-order valence-corrected chi connectivity index (χ4v) is 5.76. The minimum absolute atomic E-state index is 0.454. The first-order valence-corrected chi connectivity index (χ1v) is 9.20. The topological polar surface area (TPSA) is 12.5 Å². The third kappa shape index (κ3) is 2.03. The molecule has 22 heavy (non-hydrogen) atoms. The molecular formula is C20H29NO. The molecule has 1 heterocycles. The van der Waals surface area contributed by atoms with Crippen molar-refractivity contribution < 1.29 is 4.74 Å². The van der Waals surface area contributed by atoms with Gasteiger partial charge in [0.15, 0.2) is 0 Å². The predicted octanol–water partition coefficient (Wildman–Crippen LogP) is 4.16. The summed E-state index contributed by atoms with van der Waals surface area (Å²) in [5, 5.41) is 0. The van der Waals surface area contributed by atoms with Crippen LogP contribution in [-0.2, 0) is 11.8 Å². The zero-order valence-corrected chi connectivity index (χ0v) is 14.1. The molecule has 2 fully saturated rings. The van der Waals surface area contributed by atoms with Gasteiger partial charge in [0.1, 0.15) is 5.75 Å². The third-order valence-corrected chi connectivity index (χ3v) is 6.67. The molecule has 0 spiro atoms. The Bertz CT molecular complexity index is 555. The SMILES string of the molecule is CCCN1CC[C@@]23CCCC[C@@H]2[C@H]1Cc1ccc(OC)cc13. The molecule has 1 saturated carbocycles. The van der Waals surface area contributed by atoms with E-state index in [-0.39, 0.29) is 0 Å². The largest absolute Gasteiger partial charge is 0.497 e. The second-order valence-electron chi connectivity index (χ2n) is 7.59. The van der Waals surface area contributed by atoms with Gasteiger partial charge in [-0.15, -0.1) is 0 Å². The number of rotatable bonds is 3. The maximum Gasteiger partial charge on any atom is 0.119 e. The van der Waals surface area contributed by atoms with Gasteiger partial charge >= 0.3 is 0 Å². The average molecular weight is 299 g/mol. The lowest BCUT2D eigenvalue weighted by Crippen LogP contribution is -2.60. The summed E-state index contributed by atoms with van der Waals surface area (Å²) in [5.41, 5.74) is 3.70. The number of benzene rings is 1. The lowest BCUT2D eigenvalue weighted by molar-refractivity contribution is -0.0111. The van der Waals surface area contributed by atoms with Crippen LogP contribution in [0.2, 0.25) is 0 Å². The molecule has 2 bridgehead atoms. The van der Waals surface area contributed by atoms with Gasteiger partial charge in [0, 0.05) is 11.5 Å². The Morgan fingerprint density at radius 2 is 2.18 bits per heavy atom. The molecule has 0 radical (unpaired) electrons. The molecule has 0 N–H and O–H groups in total. The van der Waals surface area contributed by atoms with E-state index in [0.717, 1.165) is 17.7 Å². The van der Waals surface area contributed by atoms with Crippen LogP contribution in [0.3, 0.4) is 0 Å². The minimum atomic E-state index is 0.454. The fourth-order valence-electron chi connectivity index (χ4n) is 5.76. The fraction of sp³-hybridized carbons (Fsp3) is 0.700. The molecule has 4 rings (SSSR count). The molecule has 2 aliphatic carbocycles. The smallest absolute Gasteiger partial charge is 0.119 e. The Morgan fingerprint density at radius 1 is 1.27 bits per heavy atom. The lowest BCUT2D eigenvalue weighted by Gasteiger charge is -2.59. The number of piperidine rings is 1. The molecular weight excluding hydrogens is 270 g/mol. The van der Waals surface area contributed by atoms with E-state index in [0.29, 0.717) is 5.41 Å². The highest BCUT2D eigenvalue weighted by atomic mass is 16.5. The van der Waals surface area contributed by atoms with E-state index in [1.807, 2.05) is 0 Å². The summed E-state index contributed by atoms with van der Waals surface area (Å²) in [6.07, 6.45) is 9.57. The van der Waals surface area contributed by atoms with Crippen molar-refractivity contribution in [1.29, 1.82) is 0 Å². The third-order valence-electron chi connectivity index (χ3n) is 6.67. The van der Waals surface area contributed by atoms with Crippen molar-refractivity contribution in [2.24, 2.45) is 5.92 Å². The highest BCUT2D eigenvalue weighted by Crippen LogP contribution is 2.56. The van der Waals surface area contributed by atoms with E-state index >= 15 is 0 Å². The molecule has 120 valence electrons. The van der Waals surface area contributed by atoms with Gasteiger partial charge in [-0.05, 0) is 74.4 Å². The van der Waals surface area contributed by atoms with Gasteiger partial charge in [0.2, 0.25) is 0 Å². The molecule has 1 aromatic carbocycles. The number of fused-ring (bicyclic) bond motifs is 1. The first-order chi connectivity index (χ1) is 10.8. The zero-order valence-electron chi connectivity index (χ0n) is 14.1. The van der Waals surface area contributed by atoms with E-state index in [2.05, 4.69) is 30.0 Å². The van der Waals surface area contributed by atoms with E-state index in [1.54, 1.807) is 18.2 Å². The van der Waals surface area contributed by atoms with Crippen LogP contribution in [0.5, 0.6) is 5.75 Å². The standard InChI is InChI=1S/C20H29NO/c1-3-11-21-12-10-20-9-5-4-6-17(20)19(21)13-15-7-8-16(22-2)14-18(15)20/h7-8,14,17,19H,3-6,9-13H2,1-2H3/t17-,19-,20+/m1/s1. The Morgan fingerprint density at radius 3 is 3.00 bits per heavy atom. The molecule has 0 amide bonds. The highest BCUT2D eigenvalue weighted by molar-refractivity contribution is 5.45. The summed E-state index contributed by atoms with van der Waals surface area (Å²) in [4.78, 5) is 2.81. The average Bonchev–Trinajstić information content (AvgIpc) is 2.57. The van der Waals surface area contributed by atoms with Gasteiger partial charge in [-0.3, -0.25) is 4.90 Å². The summed E-state index contributed by atoms with van der Waals surface area (Å²) in [6.45, 7) is 4.90. The van der Waals surface area contributed by atoms with Gasteiger partial charge in [0.25, 0.3) is 0 Å². The molecule has 0 unspecified atom stereocenters. The predicted molar refractivity (Wildman–Crippen MR) is 90.6 cm³/mol. The maximum atomic E-state index is 5.54. The second kappa shape index (κ2) is 5.56. The van der Waals surface area contributed by atoms with Crippen molar-refractivity contribution in [3.8, 4) is 5.75 Å². The molecule has 1 aromatic rings. The highest BCUT2D eigenvalue weighted by Gasteiger charge is 2.53. The monoisotopic (exact) mass is 299 g/mol. The van der Waals surface area contributed by atoms with Crippen LogP contribution >= 0.6 is 0 Å². The molecule has 3 aliphatic rings. The number of hydrogen-bond acceptors (Lipinski definition) is 2. The summed E-state index contributed by atoms with van der Waals surface area (Å²) in [5.74, 6) is 1.92. The number of methoxy groups -OCH3 is 1. The van der Waals surface area contributed by atoms with Crippen LogP contribution in [0, 0.1) is 5.92 Å². The van der Waals surface area contributed by atoms with Gasteiger partial charge < -0.3 is 4.74 Å². The van der Waals surface area contributed by atoms with Gasteiger partial charge in [-0.2, -0.15) is 0 Å². The van der Waals surface area contributed by atoms with Gasteiger partial charge in [-0.1, -0.05) is 25.8 Å². The summed E-state index contributed by atoms with van der Waals surface area (Å²) in [7, 11) is 1.80. The molecule has 2 heteroatoms.